The van der Waals surface area contributed by atoms with Crippen molar-refractivity contribution >= 4 is 29.4 Å². The molecule has 1 aromatic heterocycles. The lowest BCUT2D eigenvalue weighted by atomic mass is 10.1. The van der Waals surface area contributed by atoms with Crippen molar-refractivity contribution in [2.45, 2.75) is 19.9 Å². The van der Waals surface area contributed by atoms with Crippen LogP contribution in [0.3, 0.4) is 0 Å². The molecular weight excluding hydrogens is 232 g/mol. The molecule has 0 aliphatic rings. The molecule has 2 rings (SSSR count). The molecule has 0 saturated carbocycles. The van der Waals surface area contributed by atoms with Gasteiger partial charge in [-0.1, -0.05) is 18.2 Å². The summed E-state index contributed by atoms with van der Waals surface area (Å²) in [5.41, 5.74) is 3.38. The van der Waals surface area contributed by atoms with E-state index in [-0.39, 0.29) is 5.91 Å². The van der Waals surface area contributed by atoms with Crippen LogP contribution in [0.5, 0.6) is 0 Å². The number of nitrogens with one attached hydrogen (secondary N) is 2. The number of aromatic nitrogens is 1. The summed E-state index contributed by atoms with van der Waals surface area (Å²) in [6.45, 7) is 2.60. The highest BCUT2D eigenvalue weighted by molar-refractivity contribution is 7.80. The summed E-state index contributed by atoms with van der Waals surface area (Å²) in [7, 11) is 0. The van der Waals surface area contributed by atoms with Gasteiger partial charge in [0.2, 0.25) is 5.91 Å². The third-order valence-corrected chi connectivity index (χ3v) is 3.05. The second kappa shape index (κ2) is 5.27. The molecule has 2 aromatic rings. The number of para-hydroxylation sites is 1. The Morgan fingerprint density at radius 3 is 2.94 bits per heavy atom. The summed E-state index contributed by atoms with van der Waals surface area (Å²) >= 11 is 4.04. The van der Waals surface area contributed by atoms with E-state index in [1.54, 1.807) is 0 Å². The van der Waals surface area contributed by atoms with Gasteiger partial charge in [0.1, 0.15) is 0 Å². The molecule has 2 N–H and O–H groups in total. The van der Waals surface area contributed by atoms with E-state index in [1.165, 1.54) is 5.39 Å². The van der Waals surface area contributed by atoms with Gasteiger partial charge in [0.15, 0.2) is 0 Å². The molecule has 0 atom stereocenters. The van der Waals surface area contributed by atoms with Crippen LogP contribution < -0.4 is 5.32 Å². The highest BCUT2D eigenvalue weighted by Gasteiger charge is 2.08. The van der Waals surface area contributed by atoms with Crippen molar-refractivity contribution in [2.24, 2.45) is 0 Å². The SMILES string of the molecule is Cc1[nH]c2ccccc2c1CNC(=O)CCS. The maximum absolute atomic E-state index is 11.4. The molecule has 4 heteroatoms. The Kier molecular flexibility index (Phi) is 3.74. The number of thiol groups is 1. The van der Waals surface area contributed by atoms with Crippen LogP contribution in [0.15, 0.2) is 24.3 Å². The second-order valence-electron chi connectivity index (χ2n) is 4.02. The number of fused-ring (bicyclic) bond motifs is 1. The number of amides is 1. The van der Waals surface area contributed by atoms with Crippen molar-refractivity contribution in [3.05, 3.63) is 35.5 Å². The lowest BCUT2D eigenvalue weighted by Gasteiger charge is -2.04. The molecule has 0 fully saturated rings. The molecule has 0 aliphatic heterocycles. The van der Waals surface area contributed by atoms with Gasteiger partial charge in [0.05, 0.1) is 0 Å². The van der Waals surface area contributed by atoms with Crippen molar-refractivity contribution in [1.29, 1.82) is 0 Å². The first-order valence-electron chi connectivity index (χ1n) is 5.66. The van der Waals surface area contributed by atoms with E-state index in [4.69, 9.17) is 0 Å². The number of H-pyrrole nitrogens is 1. The smallest absolute Gasteiger partial charge is 0.221 e. The number of hydrogen-bond donors (Lipinski definition) is 3. The normalized spacial score (nSPS) is 10.7. The van der Waals surface area contributed by atoms with Gasteiger partial charge in [-0.15, -0.1) is 0 Å². The quantitative estimate of drug-likeness (QED) is 0.715. The molecule has 0 radical (unpaired) electrons. The average molecular weight is 248 g/mol. The van der Waals surface area contributed by atoms with Crippen molar-refractivity contribution < 1.29 is 4.79 Å². The molecule has 1 amide bonds. The average Bonchev–Trinajstić information content (AvgIpc) is 2.62. The van der Waals surface area contributed by atoms with Crippen molar-refractivity contribution in [1.82, 2.24) is 10.3 Å². The van der Waals surface area contributed by atoms with Crippen LogP contribution in [0.1, 0.15) is 17.7 Å². The molecular formula is C13H16N2OS. The molecule has 17 heavy (non-hydrogen) atoms. The number of hydrogen-bond acceptors (Lipinski definition) is 2. The Labute approximate surface area is 106 Å². The molecule has 0 spiro atoms. The van der Waals surface area contributed by atoms with Crippen LogP contribution in [-0.4, -0.2) is 16.6 Å². The third-order valence-electron chi connectivity index (χ3n) is 2.83. The Morgan fingerprint density at radius 1 is 1.41 bits per heavy atom. The standard InChI is InChI=1S/C13H16N2OS/c1-9-11(8-14-13(16)6-7-17)10-4-2-3-5-12(10)15-9/h2-5,15,17H,6-8H2,1H3,(H,14,16). The molecule has 0 unspecified atom stereocenters. The van der Waals surface area contributed by atoms with E-state index in [9.17, 15) is 4.79 Å². The topological polar surface area (TPSA) is 44.9 Å². The zero-order chi connectivity index (χ0) is 12.3. The zero-order valence-corrected chi connectivity index (χ0v) is 10.7. The molecule has 1 heterocycles. The van der Waals surface area contributed by atoms with Crippen LogP contribution in [-0.2, 0) is 11.3 Å². The van der Waals surface area contributed by atoms with Crippen LogP contribution in [0.25, 0.3) is 10.9 Å². The molecule has 3 nitrogen and oxygen atoms in total. The van der Waals surface area contributed by atoms with Crippen LogP contribution in [0, 0.1) is 6.92 Å². The predicted octanol–water partition coefficient (Wildman–Crippen LogP) is 2.41. The van der Waals surface area contributed by atoms with Gasteiger partial charge in [-0.3, -0.25) is 4.79 Å². The fraction of sp³-hybridized carbons (Fsp3) is 0.308. The number of carbonyl (C=O) groups excluding carboxylic acids is 1. The van der Waals surface area contributed by atoms with E-state index in [2.05, 4.69) is 29.0 Å². The van der Waals surface area contributed by atoms with Crippen LogP contribution >= 0.6 is 12.6 Å². The Balaban J connectivity index is 2.18. The fourth-order valence-electron chi connectivity index (χ4n) is 1.94. The predicted molar refractivity (Wildman–Crippen MR) is 73.4 cm³/mol. The minimum atomic E-state index is 0.0460. The minimum Gasteiger partial charge on any atom is -0.358 e. The molecule has 0 bridgehead atoms. The summed E-state index contributed by atoms with van der Waals surface area (Å²) in [5.74, 6) is 0.628. The number of aromatic amines is 1. The zero-order valence-electron chi connectivity index (χ0n) is 9.79. The first-order chi connectivity index (χ1) is 8.22. The van der Waals surface area contributed by atoms with Gasteiger partial charge in [-0.25, -0.2) is 0 Å². The number of benzene rings is 1. The summed E-state index contributed by atoms with van der Waals surface area (Å²) in [5, 5.41) is 4.09. The van der Waals surface area contributed by atoms with E-state index >= 15 is 0 Å². The first kappa shape index (κ1) is 12.0. The lowest BCUT2D eigenvalue weighted by molar-refractivity contribution is -0.120. The highest BCUT2D eigenvalue weighted by atomic mass is 32.1. The van der Waals surface area contributed by atoms with Crippen molar-refractivity contribution in [3.63, 3.8) is 0 Å². The van der Waals surface area contributed by atoms with E-state index in [0.29, 0.717) is 18.7 Å². The number of aryl methyl sites for hydroxylation is 1. The van der Waals surface area contributed by atoms with Gasteiger partial charge in [-0.05, 0) is 24.3 Å². The number of carbonyl (C=O) groups is 1. The third kappa shape index (κ3) is 2.64. The van der Waals surface area contributed by atoms with E-state index in [0.717, 1.165) is 16.8 Å². The fourth-order valence-corrected chi connectivity index (χ4v) is 2.14. The molecule has 90 valence electrons. The Bertz CT molecular complexity index is 533. The van der Waals surface area contributed by atoms with Gasteiger partial charge in [0, 0.05) is 29.6 Å². The molecule has 1 aromatic carbocycles. The molecule has 0 aliphatic carbocycles. The summed E-state index contributed by atoms with van der Waals surface area (Å²) in [4.78, 5) is 14.7. The highest BCUT2D eigenvalue weighted by Crippen LogP contribution is 2.21. The van der Waals surface area contributed by atoms with Gasteiger partial charge in [0.25, 0.3) is 0 Å². The second-order valence-corrected chi connectivity index (χ2v) is 4.47. The van der Waals surface area contributed by atoms with E-state index in [1.807, 2.05) is 25.1 Å². The minimum absolute atomic E-state index is 0.0460. The van der Waals surface area contributed by atoms with Gasteiger partial charge in [-0.2, -0.15) is 12.6 Å². The lowest BCUT2D eigenvalue weighted by Crippen LogP contribution is -2.23. The first-order valence-corrected chi connectivity index (χ1v) is 6.29. The Morgan fingerprint density at radius 2 is 2.18 bits per heavy atom. The van der Waals surface area contributed by atoms with Crippen LogP contribution in [0.4, 0.5) is 0 Å². The number of rotatable bonds is 4. The maximum Gasteiger partial charge on any atom is 0.221 e. The van der Waals surface area contributed by atoms with Crippen molar-refractivity contribution in [3.8, 4) is 0 Å². The monoisotopic (exact) mass is 248 g/mol. The van der Waals surface area contributed by atoms with Gasteiger partial charge >= 0.3 is 0 Å². The van der Waals surface area contributed by atoms with Gasteiger partial charge < -0.3 is 10.3 Å². The summed E-state index contributed by atoms with van der Waals surface area (Å²) < 4.78 is 0. The summed E-state index contributed by atoms with van der Waals surface area (Å²) in [6.07, 6.45) is 0.463. The largest absolute Gasteiger partial charge is 0.358 e. The Hall–Kier alpha value is -1.42. The van der Waals surface area contributed by atoms with E-state index < -0.39 is 0 Å². The summed E-state index contributed by atoms with van der Waals surface area (Å²) in [6, 6.07) is 8.12. The maximum atomic E-state index is 11.4. The molecule has 0 saturated heterocycles. The van der Waals surface area contributed by atoms with Crippen LogP contribution in [0.2, 0.25) is 0 Å². The van der Waals surface area contributed by atoms with Crippen molar-refractivity contribution in [2.75, 3.05) is 5.75 Å².